The minimum Gasteiger partial charge on any atom is -0.452 e. The largest absolute Gasteiger partial charge is 0.452 e. The zero-order valence-corrected chi connectivity index (χ0v) is 16.2. The van der Waals surface area contributed by atoms with Crippen LogP contribution >= 0.6 is 11.6 Å². The molecule has 0 saturated carbocycles. The molecule has 0 aromatic carbocycles. The van der Waals surface area contributed by atoms with Crippen molar-refractivity contribution in [2.45, 2.75) is 53.6 Å². The van der Waals surface area contributed by atoms with E-state index in [1.54, 1.807) is 27.7 Å². The Kier molecular flexibility index (Phi) is 6.98. The summed E-state index contributed by atoms with van der Waals surface area (Å²) in [5.74, 6) is -1.20. The van der Waals surface area contributed by atoms with E-state index in [4.69, 9.17) is 16.3 Å². The second-order valence-electron chi connectivity index (χ2n) is 7.16. The predicted molar refractivity (Wildman–Crippen MR) is 93.5 cm³/mol. The topological polar surface area (TPSA) is 102 Å². The second-order valence-corrected chi connectivity index (χ2v) is 7.51. The number of hydrogen-bond acceptors (Lipinski definition) is 5. The van der Waals surface area contributed by atoms with Crippen LogP contribution in [-0.2, 0) is 16.1 Å². The minimum atomic E-state index is -0.760. The van der Waals surface area contributed by atoms with Crippen molar-refractivity contribution < 1.29 is 19.1 Å². The van der Waals surface area contributed by atoms with Crippen LogP contribution in [-0.4, -0.2) is 39.8 Å². The summed E-state index contributed by atoms with van der Waals surface area (Å²) in [5, 5.41) is 9.02. The number of nitrogens with zero attached hydrogens (tertiary/aromatic N) is 2. The highest BCUT2D eigenvalue weighted by atomic mass is 35.5. The number of halogens is 1. The van der Waals surface area contributed by atoms with Gasteiger partial charge < -0.3 is 10.1 Å². The number of aromatic nitrogens is 2. The van der Waals surface area contributed by atoms with Gasteiger partial charge in [0, 0.05) is 12.1 Å². The Balaban J connectivity index is 2.64. The smallest absolute Gasteiger partial charge is 0.343 e. The molecule has 8 nitrogen and oxygen atoms in total. The van der Waals surface area contributed by atoms with Crippen LogP contribution in [0.2, 0.25) is 5.15 Å². The van der Waals surface area contributed by atoms with Crippen LogP contribution in [0.25, 0.3) is 0 Å². The van der Waals surface area contributed by atoms with Crippen molar-refractivity contribution >= 4 is 29.5 Å². The van der Waals surface area contributed by atoms with E-state index in [9.17, 15) is 14.4 Å². The average molecular weight is 373 g/mol. The van der Waals surface area contributed by atoms with Crippen LogP contribution in [0.15, 0.2) is 0 Å². The normalized spacial score (nSPS) is 11.4. The third-order valence-electron chi connectivity index (χ3n) is 2.88. The van der Waals surface area contributed by atoms with E-state index in [2.05, 4.69) is 15.7 Å². The van der Waals surface area contributed by atoms with Gasteiger partial charge in [0.1, 0.15) is 10.7 Å². The van der Waals surface area contributed by atoms with Crippen LogP contribution in [0.3, 0.4) is 0 Å². The number of rotatable bonds is 5. The lowest BCUT2D eigenvalue weighted by atomic mass is 10.1. The van der Waals surface area contributed by atoms with E-state index in [1.165, 1.54) is 4.68 Å². The van der Waals surface area contributed by atoms with Crippen LogP contribution in [0, 0.1) is 12.8 Å². The van der Waals surface area contributed by atoms with Gasteiger partial charge in [0.15, 0.2) is 6.61 Å². The Morgan fingerprint density at radius 2 is 1.88 bits per heavy atom. The van der Waals surface area contributed by atoms with Crippen LogP contribution in [0.5, 0.6) is 0 Å². The average Bonchev–Trinajstić information content (AvgIpc) is 2.68. The van der Waals surface area contributed by atoms with Crippen LogP contribution < -0.4 is 10.6 Å². The predicted octanol–water partition coefficient (Wildman–Crippen LogP) is 2.28. The quantitative estimate of drug-likeness (QED) is 0.772. The fourth-order valence-electron chi connectivity index (χ4n) is 1.99. The molecule has 140 valence electrons. The third kappa shape index (κ3) is 6.74. The van der Waals surface area contributed by atoms with E-state index in [1.807, 2.05) is 13.8 Å². The first-order valence-electron chi connectivity index (χ1n) is 7.92. The summed E-state index contributed by atoms with van der Waals surface area (Å²) in [4.78, 5) is 35.4. The monoisotopic (exact) mass is 372 g/mol. The van der Waals surface area contributed by atoms with Gasteiger partial charge in [-0.3, -0.25) is 14.8 Å². The molecule has 9 heteroatoms. The highest BCUT2D eigenvalue weighted by Crippen LogP contribution is 2.21. The number of carbonyl (C=O) groups excluding carboxylic acids is 3. The molecule has 1 aromatic rings. The molecule has 1 rings (SSSR count). The Labute approximate surface area is 152 Å². The van der Waals surface area contributed by atoms with Crippen molar-refractivity contribution in [3.8, 4) is 0 Å². The van der Waals surface area contributed by atoms with Crippen molar-refractivity contribution in [2.24, 2.45) is 5.92 Å². The minimum absolute atomic E-state index is 0.120. The van der Waals surface area contributed by atoms with E-state index in [0.717, 1.165) is 0 Å². The molecule has 1 heterocycles. The molecule has 25 heavy (non-hydrogen) atoms. The lowest BCUT2D eigenvalue weighted by molar-refractivity contribution is -0.123. The molecule has 0 fully saturated rings. The van der Waals surface area contributed by atoms with Crippen molar-refractivity contribution in [2.75, 3.05) is 6.61 Å². The van der Waals surface area contributed by atoms with Gasteiger partial charge in [-0.1, -0.05) is 25.4 Å². The van der Waals surface area contributed by atoms with E-state index >= 15 is 0 Å². The van der Waals surface area contributed by atoms with Gasteiger partial charge in [0.25, 0.3) is 5.91 Å². The summed E-state index contributed by atoms with van der Waals surface area (Å²) in [6.45, 7) is 10.9. The number of nitrogens with one attached hydrogen (secondary N) is 2. The first-order valence-corrected chi connectivity index (χ1v) is 8.30. The number of amides is 3. The number of imide groups is 1. The molecule has 3 amide bonds. The van der Waals surface area contributed by atoms with Gasteiger partial charge in [-0.05, 0) is 33.6 Å². The van der Waals surface area contributed by atoms with Crippen LogP contribution in [0.1, 0.15) is 50.7 Å². The summed E-state index contributed by atoms with van der Waals surface area (Å²) in [6, 6.07) is -0.660. The van der Waals surface area contributed by atoms with Crippen LogP contribution in [0.4, 0.5) is 4.79 Å². The fourth-order valence-corrected chi connectivity index (χ4v) is 2.31. The number of ether oxygens (including phenoxy) is 1. The first-order chi connectivity index (χ1) is 11.4. The molecule has 0 saturated heterocycles. The molecule has 0 atom stereocenters. The summed E-state index contributed by atoms with van der Waals surface area (Å²) >= 11 is 6.18. The molecule has 0 aliphatic rings. The van der Waals surface area contributed by atoms with Crippen molar-refractivity contribution in [1.29, 1.82) is 0 Å². The molecule has 1 aromatic heterocycles. The third-order valence-corrected chi connectivity index (χ3v) is 3.27. The lowest BCUT2D eigenvalue weighted by Crippen LogP contribution is -2.49. The summed E-state index contributed by atoms with van der Waals surface area (Å²) < 4.78 is 6.45. The number of esters is 1. The van der Waals surface area contributed by atoms with Crippen molar-refractivity contribution in [3.63, 3.8) is 0 Å². The molecule has 2 N–H and O–H groups in total. The van der Waals surface area contributed by atoms with E-state index < -0.39 is 30.1 Å². The molecule has 0 spiro atoms. The standard InChI is InChI=1S/C16H25ClN4O4/c1-9(2)7-21-13(17)12(10(3)20-21)14(23)25-8-11(22)18-15(24)19-16(4,5)6/h9H,7-8H2,1-6H3,(H2,18,19,22,24). The summed E-state index contributed by atoms with van der Waals surface area (Å²) in [6.07, 6.45) is 0. The van der Waals surface area contributed by atoms with Gasteiger partial charge in [-0.25, -0.2) is 9.59 Å². The maximum Gasteiger partial charge on any atom is 0.343 e. The Morgan fingerprint density at radius 1 is 1.28 bits per heavy atom. The molecule has 0 aliphatic heterocycles. The Morgan fingerprint density at radius 3 is 2.40 bits per heavy atom. The highest BCUT2D eigenvalue weighted by Gasteiger charge is 2.23. The second kappa shape index (κ2) is 8.33. The SMILES string of the molecule is Cc1nn(CC(C)C)c(Cl)c1C(=O)OCC(=O)NC(=O)NC(C)(C)C. The fraction of sp³-hybridized carbons (Fsp3) is 0.625. The number of aryl methyl sites for hydroxylation is 1. The van der Waals surface area contributed by atoms with E-state index in [0.29, 0.717) is 18.2 Å². The number of urea groups is 1. The Bertz CT molecular complexity index is 662. The summed E-state index contributed by atoms with van der Waals surface area (Å²) in [7, 11) is 0. The van der Waals surface area contributed by atoms with Gasteiger partial charge >= 0.3 is 12.0 Å². The van der Waals surface area contributed by atoms with Crippen molar-refractivity contribution in [1.82, 2.24) is 20.4 Å². The number of hydrogen-bond donors (Lipinski definition) is 2. The highest BCUT2D eigenvalue weighted by molar-refractivity contribution is 6.32. The molecular formula is C16H25ClN4O4. The number of carbonyl (C=O) groups is 3. The maximum absolute atomic E-state index is 12.2. The van der Waals surface area contributed by atoms with E-state index in [-0.39, 0.29) is 10.7 Å². The molecule has 0 aliphatic carbocycles. The van der Waals surface area contributed by atoms with Gasteiger partial charge in [-0.2, -0.15) is 5.10 Å². The Hall–Kier alpha value is -2.09. The molecule has 0 radical (unpaired) electrons. The molecule has 0 bridgehead atoms. The molecular weight excluding hydrogens is 348 g/mol. The van der Waals surface area contributed by atoms with Crippen molar-refractivity contribution in [3.05, 3.63) is 16.4 Å². The summed E-state index contributed by atoms with van der Waals surface area (Å²) in [5.41, 5.74) is 0.0484. The zero-order valence-electron chi connectivity index (χ0n) is 15.4. The molecule has 0 unspecified atom stereocenters. The van der Waals surface area contributed by atoms with Gasteiger partial charge in [0.2, 0.25) is 0 Å². The lowest BCUT2D eigenvalue weighted by Gasteiger charge is -2.20. The first kappa shape index (κ1) is 21.0. The zero-order chi connectivity index (χ0) is 19.4. The van der Waals surface area contributed by atoms with Gasteiger partial charge in [-0.15, -0.1) is 0 Å². The van der Waals surface area contributed by atoms with Gasteiger partial charge in [0.05, 0.1) is 5.69 Å². The maximum atomic E-state index is 12.2.